The van der Waals surface area contributed by atoms with E-state index in [1.165, 1.54) is 23.3 Å². The van der Waals surface area contributed by atoms with E-state index in [2.05, 4.69) is 0 Å². The first-order valence-corrected chi connectivity index (χ1v) is 11.0. The second kappa shape index (κ2) is 8.88. The highest BCUT2D eigenvalue weighted by molar-refractivity contribution is 7.12. The maximum absolute atomic E-state index is 13.4. The smallest absolute Gasteiger partial charge is 0.294 e. The number of carbonyl (C=O) groups is 2. The second-order valence-corrected chi connectivity index (χ2v) is 8.50. The molecule has 1 amide bonds. The predicted molar refractivity (Wildman–Crippen MR) is 124 cm³/mol. The van der Waals surface area contributed by atoms with E-state index < -0.39 is 17.7 Å². The number of carbonyl (C=O) groups excluding carboxylic acids is 2. The predicted octanol–water partition coefficient (Wildman–Crippen LogP) is 5.33. The topological polar surface area (TPSA) is 76.1 Å². The fourth-order valence-corrected chi connectivity index (χ4v) is 4.47. The van der Waals surface area contributed by atoms with Gasteiger partial charge in [-0.05, 0) is 55.6 Å². The van der Waals surface area contributed by atoms with Gasteiger partial charge in [-0.3, -0.25) is 14.5 Å². The summed E-state index contributed by atoms with van der Waals surface area (Å²) >= 11 is 1.26. The number of nitrogens with zero attached hydrogens (tertiary/aromatic N) is 1. The van der Waals surface area contributed by atoms with E-state index in [1.807, 2.05) is 26.0 Å². The average Bonchev–Trinajstić information content (AvgIpc) is 3.41. The molecular formula is C25H23NO5S. The van der Waals surface area contributed by atoms with E-state index in [9.17, 15) is 14.7 Å². The lowest BCUT2D eigenvalue weighted by Gasteiger charge is -2.28. The summed E-state index contributed by atoms with van der Waals surface area (Å²) in [4.78, 5) is 28.5. The van der Waals surface area contributed by atoms with Crippen molar-refractivity contribution >= 4 is 28.7 Å². The molecule has 0 fully saturated rings. The minimum absolute atomic E-state index is 0.0105. The Bertz CT molecular complexity index is 1170. The van der Waals surface area contributed by atoms with Crippen molar-refractivity contribution < 1.29 is 24.2 Å². The van der Waals surface area contributed by atoms with Gasteiger partial charge in [0.25, 0.3) is 5.91 Å². The number of rotatable bonds is 7. The van der Waals surface area contributed by atoms with Crippen molar-refractivity contribution in [3.8, 4) is 11.5 Å². The minimum Gasteiger partial charge on any atom is -0.503 e. The van der Waals surface area contributed by atoms with Crippen LogP contribution in [0.25, 0.3) is 0 Å². The van der Waals surface area contributed by atoms with Crippen molar-refractivity contribution in [3.05, 3.63) is 87.8 Å². The number of aliphatic hydroxyl groups is 1. The zero-order chi connectivity index (χ0) is 22.8. The van der Waals surface area contributed by atoms with Gasteiger partial charge >= 0.3 is 0 Å². The van der Waals surface area contributed by atoms with E-state index >= 15 is 0 Å². The highest BCUT2D eigenvalue weighted by Crippen LogP contribution is 2.45. The average molecular weight is 450 g/mol. The van der Waals surface area contributed by atoms with Crippen molar-refractivity contribution in [2.75, 3.05) is 12.0 Å². The van der Waals surface area contributed by atoms with Gasteiger partial charge < -0.3 is 14.6 Å². The van der Waals surface area contributed by atoms with Crippen molar-refractivity contribution in [2.45, 2.75) is 26.0 Å². The molecule has 2 heterocycles. The van der Waals surface area contributed by atoms with Crippen LogP contribution in [0.1, 0.15) is 35.1 Å². The fraction of sp³-hybridized carbons (Fsp3) is 0.200. The Kier molecular flexibility index (Phi) is 6.01. The number of benzene rings is 2. The number of thiophene rings is 1. The number of anilines is 1. The van der Waals surface area contributed by atoms with Crippen LogP contribution in [0.2, 0.25) is 0 Å². The van der Waals surface area contributed by atoms with Crippen molar-refractivity contribution in [3.63, 3.8) is 0 Å². The molecule has 0 bridgehead atoms. The minimum atomic E-state index is -0.842. The Morgan fingerprint density at radius 2 is 1.78 bits per heavy atom. The molecule has 1 N–H and O–H groups in total. The molecule has 1 aliphatic heterocycles. The van der Waals surface area contributed by atoms with Crippen LogP contribution in [0.5, 0.6) is 11.5 Å². The number of ketones is 1. The summed E-state index contributed by atoms with van der Waals surface area (Å²) in [5.41, 5.74) is 1.17. The van der Waals surface area contributed by atoms with Gasteiger partial charge in [-0.1, -0.05) is 24.3 Å². The standard InChI is InChI=1S/C25H23NO5S/c1-15(2)31-17-12-10-16(11-13-17)26-22(18-7-4-5-8-19(18)30-3)21(24(28)25(26)29)23(27)20-9-6-14-32-20/h4-15,22,28H,1-3H3. The third kappa shape index (κ3) is 3.87. The van der Waals surface area contributed by atoms with Crippen LogP contribution in [-0.4, -0.2) is 30.0 Å². The van der Waals surface area contributed by atoms with Crippen LogP contribution < -0.4 is 14.4 Å². The van der Waals surface area contributed by atoms with E-state index in [1.54, 1.807) is 53.9 Å². The van der Waals surface area contributed by atoms with Gasteiger partial charge in [0.1, 0.15) is 11.5 Å². The van der Waals surface area contributed by atoms with Crippen molar-refractivity contribution in [2.24, 2.45) is 0 Å². The lowest BCUT2D eigenvalue weighted by atomic mass is 9.94. The Morgan fingerprint density at radius 3 is 2.41 bits per heavy atom. The molecule has 1 unspecified atom stereocenters. The number of aliphatic hydroxyl groups excluding tert-OH is 1. The molecule has 0 aliphatic carbocycles. The number of para-hydroxylation sites is 1. The monoisotopic (exact) mass is 449 g/mol. The third-order valence-corrected chi connectivity index (χ3v) is 5.99. The van der Waals surface area contributed by atoms with Crippen LogP contribution in [0.15, 0.2) is 77.4 Å². The molecule has 4 rings (SSSR count). The van der Waals surface area contributed by atoms with Gasteiger partial charge in [0.2, 0.25) is 5.78 Å². The maximum Gasteiger partial charge on any atom is 0.294 e. The SMILES string of the molecule is COc1ccccc1C1C(C(=O)c2cccs2)=C(O)C(=O)N1c1ccc(OC(C)C)cc1. The quantitative estimate of drug-likeness (QED) is 0.494. The fourth-order valence-electron chi connectivity index (χ4n) is 3.79. The van der Waals surface area contributed by atoms with Gasteiger partial charge in [0, 0.05) is 11.3 Å². The number of ether oxygens (including phenoxy) is 2. The molecule has 0 saturated heterocycles. The summed E-state index contributed by atoms with van der Waals surface area (Å²) in [6.07, 6.45) is 0.0105. The largest absolute Gasteiger partial charge is 0.503 e. The molecule has 0 radical (unpaired) electrons. The van der Waals surface area contributed by atoms with Gasteiger partial charge in [0.05, 0.1) is 29.7 Å². The molecule has 164 valence electrons. The number of amides is 1. The first-order chi connectivity index (χ1) is 15.4. The molecule has 7 heteroatoms. The van der Waals surface area contributed by atoms with Crippen molar-refractivity contribution in [1.29, 1.82) is 0 Å². The highest BCUT2D eigenvalue weighted by atomic mass is 32.1. The van der Waals surface area contributed by atoms with Gasteiger partial charge in [-0.2, -0.15) is 0 Å². The highest BCUT2D eigenvalue weighted by Gasteiger charge is 2.45. The van der Waals surface area contributed by atoms with Crippen LogP contribution in [0.3, 0.4) is 0 Å². The van der Waals surface area contributed by atoms with E-state index in [0.29, 0.717) is 27.6 Å². The van der Waals surface area contributed by atoms with Gasteiger partial charge in [-0.15, -0.1) is 11.3 Å². The molecule has 32 heavy (non-hydrogen) atoms. The Labute approximate surface area is 190 Å². The third-order valence-electron chi connectivity index (χ3n) is 5.12. The molecule has 2 aromatic carbocycles. The lowest BCUT2D eigenvalue weighted by Crippen LogP contribution is -2.31. The summed E-state index contributed by atoms with van der Waals surface area (Å²) in [6.45, 7) is 3.86. The first kappa shape index (κ1) is 21.6. The molecule has 1 atom stereocenters. The maximum atomic E-state index is 13.4. The number of hydrogen-bond donors (Lipinski definition) is 1. The van der Waals surface area contributed by atoms with E-state index in [0.717, 1.165) is 0 Å². The van der Waals surface area contributed by atoms with Crippen LogP contribution in [0.4, 0.5) is 5.69 Å². The van der Waals surface area contributed by atoms with Gasteiger partial charge in [0.15, 0.2) is 5.76 Å². The Hall–Kier alpha value is -3.58. The molecular weight excluding hydrogens is 426 g/mol. The van der Waals surface area contributed by atoms with Gasteiger partial charge in [-0.25, -0.2) is 0 Å². The number of hydrogen-bond acceptors (Lipinski definition) is 6. The number of Topliss-reactive ketones (excluding diaryl/α,β-unsaturated/α-hetero) is 1. The normalized spacial score (nSPS) is 16.1. The van der Waals surface area contributed by atoms with Crippen LogP contribution >= 0.6 is 11.3 Å². The zero-order valence-corrected chi connectivity index (χ0v) is 18.8. The zero-order valence-electron chi connectivity index (χ0n) is 17.9. The van der Waals surface area contributed by atoms with Crippen LogP contribution in [-0.2, 0) is 4.79 Å². The Balaban J connectivity index is 1.84. The summed E-state index contributed by atoms with van der Waals surface area (Å²) in [6, 6.07) is 16.8. The van der Waals surface area contributed by atoms with Crippen molar-refractivity contribution in [1.82, 2.24) is 0 Å². The molecule has 1 aromatic heterocycles. The first-order valence-electron chi connectivity index (χ1n) is 10.2. The second-order valence-electron chi connectivity index (χ2n) is 7.55. The van der Waals surface area contributed by atoms with E-state index in [-0.39, 0.29) is 17.5 Å². The molecule has 0 spiro atoms. The summed E-state index contributed by atoms with van der Waals surface area (Å²) in [5, 5.41) is 12.6. The molecule has 3 aromatic rings. The summed E-state index contributed by atoms with van der Waals surface area (Å²) < 4.78 is 11.2. The molecule has 1 aliphatic rings. The lowest BCUT2D eigenvalue weighted by molar-refractivity contribution is -0.117. The summed E-state index contributed by atoms with van der Waals surface area (Å²) in [7, 11) is 1.53. The molecule has 0 saturated carbocycles. The van der Waals surface area contributed by atoms with E-state index in [4.69, 9.17) is 9.47 Å². The molecule has 6 nitrogen and oxygen atoms in total. The van der Waals surface area contributed by atoms with Crippen LogP contribution in [0, 0.1) is 0 Å². The number of methoxy groups -OCH3 is 1. The Morgan fingerprint density at radius 1 is 1.06 bits per heavy atom. The summed E-state index contributed by atoms with van der Waals surface area (Å²) in [5.74, 6) is -0.401.